The molecule has 5 nitrogen and oxygen atoms in total. The van der Waals surface area contributed by atoms with E-state index in [1.165, 1.54) is 18.1 Å². The van der Waals surface area contributed by atoms with Gasteiger partial charge in [0.1, 0.15) is 35.5 Å². The van der Waals surface area contributed by atoms with Crippen molar-refractivity contribution >= 4 is 17.7 Å². The van der Waals surface area contributed by atoms with Gasteiger partial charge in [0.15, 0.2) is 0 Å². The number of nitrogens with zero attached hydrogens (tertiary/aromatic N) is 1. The molecule has 0 atom stereocenters. The van der Waals surface area contributed by atoms with E-state index in [0.717, 1.165) is 18.2 Å². The van der Waals surface area contributed by atoms with Crippen LogP contribution in [-0.4, -0.2) is 38.3 Å². The molecule has 0 fully saturated rings. The molecule has 2 aromatic carbocycles. The van der Waals surface area contributed by atoms with Crippen molar-refractivity contribution in [3.63, 3.8) is 0 Å². The fourth-order valence-electron chi connectivity index (χ4n) is 1.93. The average molecular weight is 372 g/mol. The molecule has 134 valence electrons. The smallest absolute Gasteiger partial charge is 0.409 e. The van der Waals surface area contributed by atoms with Gasteiger partial charge in [0.05, 0.1) is 18.7 Å². The first kappa shape index (κ1) is 18.8. The van der Waals surface area contributed by atoms with Gasteiger partial charge in [-0.15, -0.1) is 0 Å². The molecular formula is C17H16ClF2NO4. The second-order valence-corrected chi connectivity index (χ2v) is 5.45. The molecular weight excluding hydrogens is 356 g/mol. The summed E-state index contributed by atoms with van der Waals surface area (Å²) >= 11 is 6.10. The Bertz CT molecular complexity index is 737. The van der Waals surface area contributed by atoms with Crippen LogP contribution in [0.3, 0.4) is 0 Å². The first-order chi connectivity index (χ1) is 11.9. The molecule has 25 heavy (non-hydrogen) atoms. The number of carbonyl (C=O) groups excluding carboxylic acids is 1. The summed E-state index contributed by atoms with van der Waals surface area (Å²) in [6.45, 7) is 0.518. The Morgan fingerprint density at radius 3 is 2.40 bits per heavy atom. The van der Waals surface area contributed by atoms with Crippen molar-refractivity contribution in [3.05, 3.63) is 53.1 Å². The summed E-state index contributed by atoms with van der Waals surface area (Å²) in [5, 5.41) is 0.259. The first-order valence-corrected chi connectivity index (χ1v) is 7.62. The SMILES string of the molecule is COC(=O)N(C)CCOc1ccc(Oc2cc(F)cc(F)c2)cc1Cl. The van der Waals surface area contributed by atoms with Gasteiger partial charge in [-0.05, 0) is 12.1 Å². The molecule has 0 saturated heterocycles. The van der Waals surface area contributed by atoms with Gasteiger partial charge >= 0.3 is 6.09 Å². The van der Waals surface area contributed by atoms with E-state index in [1.807, 2.05) is 0 Å². The Labute approximate surface area is 148 Å². The molecule has 2 aromatic rings. The van der Waals surface area contributed by atoms with Crippen molar-refractivity contribution in [2.75, 3.05) is 27.3 Å². The van der Waals surface area contributed by atoms with Crippen LogP contribution < -0.4 is 9.47 Å². The maximum Gasteiger partial charge on any atom is 0.409 e. The number of rotatable bonds is 6. The van der Waals surface area contributed by atoms with Crippen LogP contribution in [0.5, 0.6) is 17.2 Å². The molecule has 0 saturated carbocycles. The van der Waals surface area contributed by atoms with Crippen molar-refractivity contribution < 1.29 is 27.8 Å². The highest BCUT2D eigenvalue weighted by Crippen LogP contribution is 2.31. The highest BCUT2D eigenvalue weighted by Gasteiger charge is 2.10. The van der Waals surface area contributed by atoms with Gasteiger partial charge < -0.3 is 19.1 Å². The van der Waals surface area contributed by atoms with Crippen LogP contribution in [0.2, 0.25) is 5.02 Å². The van der Waals surface area contributed by atoms with Gasteiger partial charge in [0.2, 0.25) is 0 Å². The Balaban J connectivity index is 1.97. The molecule has 0 spiro atoms. The van der Waals surface area contributed by atoms with Crippen LogP contribution in [0.25, 0.3) is 0 Å². The lowest BCUT2D eigenvalue weighted by Gasteiger charge is -2.16. The minimum atomic E-state index is -0.740. The largest absolute Gasteiger partial charge is 0.490 e. The van der Waals surface area contributed by atoms with Crippen LogP contribution in [0, 0.1) is 11.6 Å². The van der Waals surface area contributed by atoms with Crippen LogP contribution in [0.4, 0.5) is 13.6 Å². The first-order valence-electron chi connectivity index (χ1n) is 7.24. The summed E-state index contributed by atoms with van der Waals surface area (Å²) in [6.07, 6.45) is -0.472. The van der Waals surface area contributed by atoms with E-state index in [-0.39, 0.29) is 17.4 Å². The zero-order valence-corrected chi connectivity index (χ0v) is 14.3. The molecule has 0 radical (unpaired) electrons. The van der Waals surface area contributed by atoms with E-state index < -0.39 is 17.7 Å². The van der Waals surface area contributed by atoms with Crippen molar-refractivity contribution in [3.8, 4) is 17.2 Å². The van der Waals surface area contributed by atoms with Crippen molar-refractivity contribution in [2.24, 2.45) is 0 Å². The standard InChI is InChI=1S/C17H16ClF2NO4/c1-21(17(22)23-2)5-6-24-16-4-3-13(10-15(16)18)25-14-8-11(19)7-12(20)9-14/h3-4,7-10H,5-6H2,1-2H3. The molecule has 0 bridgehead atoms. The van der Waals surface area contributed by atoms with E-state index >= 15 is 0 Å². The molecule has 0 aliphatic carbocycles. The lowest BCUT2D eigenvalue weighted by Crippen LogP contribution is -2.30. The van der Waals surface area contributed by atoms with Crippen LogP contribution >= 0.6 is 11.6 Å². The third-order valence-electron chi connectivity index (χ3n) is 3.15. The minimum Gasteiger partial charge on any atom is -0.490 e. The second kappa shape index (κ2) is 8.53. The summed E-state index contributed by atoms with van der Waals surface area (Å²) in [7, 11) is 2.87. The topological polar surface area (TPSA) is 48.0 Å². The monoisotopic (exact) mass is 371 g/mol. The normalized spacial score (nSPS) is 10.3. The summed E-state index contributed by atoms with van der Waals surface area (Å²) in [5.74, 6) is -0.778. The second-order valence-electron chi connectivity index (χ2n) is 5.04. The maximum absolute atomic E-state index is 13.2. The number of amides is 1. The number of carbonyl (C=O) groups is 1. The predicted octanol–water partition coefficient (Wildman–Crippen LogP) is 4.49. The third-order valence-corrected chi connectivity index (χ3v) is 3.44. The number of hydrogen-bond acceptors (Lipinski definition) is 4. The lowest BCUT2D eigenvalue weighted by molar-refractivity contribution is 0.126. The fraction of sp³-hybridized carbons (Fsp3) is 0.235. The Morgan fingerprint density at radius 1 is 1.12 bits per heavy atom. The van der Waals surface area contributed by atoms with Gasteiger partial charge in [-0.2, -0.15) is 0 Å². The third kappa shape index (κ3) is 5.49. The molecule has 0 aromatic heterocycles. The summed E-state index contributed by atoms with van der Waals surface area (Å²) in [4.78, 5) is 12.6. The van der Waals surface area contributed by atoms with E-state index in [9.17, 15) is 13.6 Å². The molecule has 0 heterocycles. The molecule has 0 aliphatic rings. The van der Waals surface area contributed by atoms with Gasteiger partial charge in [-0.3, -0.25) is 0 Å². The molecule has 0 aliphatic heterocycles. The molecule has 0 unspecified atom stereocenters. The van der Waals surface area contributed by atoms with Crippen molar-refractivity contribution in [1.82, 2.24) is 4.90 Å². The van der Waals surface area contributed by atoms with Crippen LogP contribution in [0.15, 0.2) is 36.4 Å². The lowest BCUT2D eigenvalue weighted by atomic mass is 10.3. The Morgan fingerprint density at radius 2 is 1.80 bits per heavy atom. The molecule has 0 N–H and O–H groups in total. The minimum absolute atomic E-state index is 0.0157. The summed E-state index contributed by atoms with van der Waals surface area (Å²) < 4.78 is 41.7. The number of methoxy groups -OCH3 is 1. The van der Waals surface area contributed by atoms with E-state index in [4.69, 9.17) is 21.1 Å². The summed E-state index contributed by atoms with van der Waals surface area (Å²) in [5.41, 5.74) is 0. The van der Waals surface area contributed by atoms with E-state index in [2.05, 4.69) is 4.74 Å². The highest BCUT2D eigenvalue weighted by molar-refractivity contribution is 6.32. The van der Waals surface area contributed by atoms with E-state index in [0.29, 0.717) is 18.0 Å². The Hall–Kier alpha value is -2.54. The molecule has 1 amide bonds. The molecule has 8 heteroatoms. The maximum atomic E-state index is 13.2. The summed E-state index contributed by atoms with van der Waals surface area (Å²) in [6, 6.07) is 7.44. The average Bonchev–Trinajstić information content (AvgIpc) is 2.55. The Kier molecular flexibility index (Phi) is 6.41. The number of ether oxygens (including phenoxy) is 3. The van der Waals surface area contributed by atoms with Crippen molar-refractivity contribution in [1.29, 1.82) is 0 Å². The zero-order valence-electron chi connectivity index (χ0n) is 13.6. The highest BCUT2D eigenvalue weighted by atomic mass is 35.5. The van der Waals surface area contributed by atoms with Gasteiger partial charge in [-0.1, -0.05) is 11.6 Å². The zero-order chi connectivity index (χ0) is 18.4. The number of likely N-dealkylation sites (N-methyl/N-ethyl adjacent to an activating group) is 1. The van der Waals surface area contributed by atoms with Crippen molar-refractivity contribution in [2.45, 2.75) is 0 Å². The number of hydrogen-bond donors (Lipinski definition) is 0. The number of halogens is 3. The van der Waals surface area contributed by atoms with Gasteiger partial charge in [0.25, 0.3) is 0 Å². The van der Waals surface area contributed by atoms with Crippen LogP contribution in [0.1, 0.15) is 0 Å². The predicted molar refractivity (Wildman–Crippen MR) is 88.4 cm³/mol. The van der Waals surface area contributed by atoms with Crippen LogP contribution in [-0.2, 0) is 4.74 Å². The van der Waals surface area contributed by atoms with Gasteiger partial charge in [-0.25, -0.2) is 13.6 Å². The van der Waals surface area contributed by atoms with E-state index in [1.54, 1.807) is 19.2 Å². The van der Waals surface area contributed by atoms with Gasteiger partial charge in [0, 0.05) is 31.3 Å². The molecule has 2 rings (SSSR count). The quantitative estimate of drug-likeness (QED) is 0.750. The number of benzene rings is 2. The fourth-order valence-corrected chi connectivity index (χ4v) is 2.15.